The van der Waals surface area contributed by atoms with Crippen LogP contribution in [0.3, 0.4) is 0 Å². The number of carbonyl (C=O) groups excluding carboxylic acids is 2. The van der Waals surface area contributed by atoms with Gasteiger partial charge in [-0.25, -0.2) is 19.8 Å². The average molecular weight is 469 g/mol. The van der Waals surface area contributed by atoms with Gasteiger partial charge in [-0.05, 0) is 56.7 Å². The molecular weight excluding hydrogens is 444 g/mol. The van der Waals surface area contributed by atoms with Gasteiger partial charge >= 0.3 is 5.97 Å². The van der Waals surface area contributed by atoms with Crippen molar-refractivity contribution in [3.63, 3.8) is 0 Å². The molecule has 3 heterocycles. The monoisotopic (exact) mass is 468 g/mol. The first-order chi connectivity index (χ1) is 16.9. The molecule has 0 saturated heterocycles. The van der Waals surface area contributed by atoms with Crippen LogP contribution < -0.4 is 0 Å². The minimum absolute atomic E-state index is 0.302. The number of aryl methyl sites for hydroxylation is 3. The summed E-state index contributed by atoms with van der Waals surface area (Å²) >= 11 is 0. The SMILES string of the molecule is Cc1ccc(C2=NN(C(=O)COC(=O)c3ccc4nc(C)c(C)nc4c3)C(c3ccco3)C2)cc1. The van der Waals surface area contributed by atoms with Crippen LogP contribution in [0, 0.1) is 20.8 Å². The maximum absolute atomic E-state index is 13.1. The number of nitrogens with zero attached hydrogens (tertiary/aromatic N) is 4. The van der Waals surface area contributed by atoms with E-state index in [9.17, 15) is 9.59 Å². The van der Waals surface area contributed by atoms with Crippen molar-refractivity contribution in [2.24, 2.45) is 5.10 Å². The molecule has 0 spiro atoms. The molecule has 176 valence electrons. The lowest BCUT2D eigenvalue weighted by molar-refractivity contribution is -0.136. The van der Waals surface area contributed by atoms with E-state index in [1.807, 2.05) is 51.1 Å². The van der Waals surface area contributed by atoms with Crippen LogP contribution in [0.15, 0.2) is 70.4 Å². The molecule has 0 saturated carbocycles. The van der Waals surface area contributed by atoms with Crippen LogP contribution >= 0.6 is 0 Å². The van der Waals surface area contributed by atoms with Gasteiger partial charge in [0.2, 0.25) is 0 Å². The van der Waals surface area contributed by atoms with Crippen molar-refractivity contribution in [3.05, 3.63) is 94.7 Å². The molecule has 1 atom stereocenters. The molecule has 2 aromatic carbocycles. The van der Waals surface area contributed by atoms with Crippen LogP contribution in [0.4, 0.5) is 0 Å². The summed E-state index contributed by atoms with van der Waals surface area (Å²) in [5, 5.41) is 5.91. The highest BCUT2D eigenvalue weighted by Gasteiger charge is 2.35. The number of hydrogen-bond acceptors (Lipinski definition) is 7. The zero-order valence-corrected chi connectivity index (χ0v) is 19.7. The molecule has 0 bridgehead atoms. The fourth-order valence-corrected chi connectivity index (χ4v) is 4.00. The summed E-state index contributed by atoms with van der Waals surface area (Å²) in [5.74, 6) is -0.431. The number of ether oxygens (including phenoxy) is 1. The Bertz CT molecular complexity index is 1440. The van der Waals surface area contributed by atoms with Crippen LogP contribution in [0.2, 0.25) is 0 Å². The summed E-state index contributed by atoms with van der Waals surface area (Å²) in [6, 6.07) is 16.1. The third-order valence-electron chi connectivity index (χ3n) is 6.06. The highest BCUT2D eigenvalue weighted by atomic mass is 16.5. The Labute approximate surface area is 202 Å². The number of benzene rings is 2. The molecule has 35 heavy (non-hydrogen) atoms. The van der Waals surface area contributed by atoms with Crippen LogP contribution in [-0.2, 0) is 9.53 Å². The maximum atomic E-state index is 13.1. The highest BCUT2D eigenvalue weighted by Crippen LogP contribution is 2.33. The first-order valence-corrected chi connectivity index (χ1v) is 11.3. The van der Waals surface area contributed by atoms with Crippen molar-refractivity contribution in [1.82, 2.24) is 15.0 Å². The van der Waals surface area contributed by atoms with Crippen LogP contribution in [0.1, 0.15) is 51.1 Å². The Morgan fingerprint density at radius 3 is 2.46 bits per heavy atom. The minimum Gasteiger partial charge on any atom is -0.467 e. The van der Waals surface area contributed by atoms with Crippen LogP contribution in [0.5, 0.6) is 0 Å². The van der Waals surface area contributed by atoms with Gasteiger partial charge in [0.1, 0.15) is 11.8 Å². The van der Waals surface area contributed by atoms with E-state index in [0.717, 1.165) is 28.2 Å². The van der Waals surface area contributed by atoms with Gasteiger partial charge < -0.3 is 9.15 Å². The lowest BCUT2D eigenvalue weighted by Gasteiger charge is -2.19. The van der Waals surface area contributed by atoms with E-state index in [2.05, 4.69) is 15.1 Å². The molecular formula is C27H24N4O4. The number of hydrogen-bond donors (Lipinski definition) is 0. The van der Waals surface area contributed by atoms with Crippen molar-refractivity contribution >= 4 is 28.6 Å². The summed E-state index contributed by atoms with van der Waals surface area (Å²) < 4.78 is 10.9. The zero-order valence-electron chi connectivity index (χ0n) is 19.7. The second-order valence-electron chi connectivity index (χ2n) is 8.56. The molecule has 0 radical (unpaired) electrons. The Kier molecular flexibility index (Phi) is 5.86. The molecule has 2 aromatic heterocycles. The standard InChI is InChI=1S/C27H24N4O4/c1-16-6-8-19(9-7-16)22-14-24(25-5-4-12-34-25)31(30-22)26(32)15-35-27(33)20-10-11-21-23(13-20)29-18(3)17(2)28-21/h4-13,24H,14-15H2,1-3H3. The Morgan fingerprint density at radius 1 is 1.00 bits per heavy atom. The summed E-state index contributed by atoms with van der Waals surface area (Å²) in [6.07, 6.45) is 2.06. The van der Waals surface area contributed by atoms with E-state index < -0.39 is 24.5 Å². The van der Waals surface area contributed by atoms with E-state index in [0.29, 0.717) is 28.8 Å². The predicted octanol–water partition coefficient (Wildman–Crippen LogP) is 4.68. The number of carbonyl (C=O) groups is 2. The van der Waals surface area contributed by atoms with Gasteiger partial charge in [-0.3, -0.25) is 4.79 Å². The number of esters is 1. The quantitative estimate of drug-likeness (QED) is 0.395. The molecule has 0 aliphatic carbocycles. The number of aromatic nitrogens is 2. The van der Waals surface area contributed by atoms with E-state index in [1.54, 1.807) is 30.5 Å². The van der Waals surface area contributed by atoms with Crippen molar-refractivity contribution in [3.8, 4) is 0 Å². The molecule has 1 aliphatic heterocycles. The largest absolute Gasteiger partial charge is 0.467 e. The highest BCUT2D eigenvalue weighted by molar-refractivity contribution is 6.03. The lowest BCUT2D eigenvalue weighted by atomic mass is 10.0. The lowest BCUT2D eigenvalue weighted by Crippen LogP contribution is -2.31. The Morgan fingerprint density at radius 2 is 1.74 bits per heavy atom. The summed E-state index contributed by atoms with van der Waals surface area (Å²) in [4.78, 5) is 34.7. The van der Waals surface area contributed by atoms with Gasteiger partial charge in [0.25, 0.3) is 5.91 Å². The predicted molar refractivity (Wildman–Crippen MR) is 130 cm³/mol. The summed E-state index contributed by atoms with van der Waals surface area (Å²) in [5.41, 5.74) is 6.05. The minimum atomic E-state index is -0.614. The number of fused-ring (bicyclic) bond motifs is 1. The second kappa shape index (κ2) is 9.13. The normalized spacial score (nSPS) is 15.3. The molecule has 0 fully saturated rings. The van der Waals surface area contributed by atoms with E-state index >= 15 is 0 Å². The molecule has 1 unspecified atom stereocenters. The van der Waals surface area contributed by atoms with Gasteiger partial charge in [-0.15, -0.1) is 0 Å². The summed E-state index contributed by atoms with van der Waals surface area (Å²) in [6.45, 7) is 5.32. The van der Waals surface area contributed by atoms with Crippen molar-refractivity contribution in [1.29, 1.82) is 0 Å². The Balaban J connectivity index is 1.33. The number of amides is 1. The van der Waals surface area contributed by atoms with Gasteiger partial charge in [-0.2, -0.15) is 5.10 Å². The van der Waals surface area contributed by atoms with Gasteiger partial charge in [0.05, 0.1) is 40.0 Å². The van der Waals surface area contributed by atoms with Crippen molar-refractivity contribution in [2.45, 2.75) is 33.2 Å². The van der Waals surface area contributed by atoms with Crippen LogP contribution in [-0.4, -0.2) is 39.2 Å². The smallest absolute Gasteiger partial charge is 0.338 e. The third kappa shape index (κ3) is 4.55. The van der Waals surface area contributed by atoms with E-state index in [1.165, 1.54) is 5.01 Å². The van der Waals surface area contributed by atoms with Crippen LogP contribution in [0.25, 0.3) is 11.0 Å². The molecule has 1 aliphatic rings. The number of hydrazone groups is 1. The van der Waals surface area contributed by atoms with E-state index in [4.69, 9.17) is 9.15 Å². The molecule has 8 heteroatoms. The zero-order chi connectivity index (χ0) is 24.5. The van der Waals surface area contributed by atoms with Crippen molar-refractivity contribution < 1.29 is 18.7 Å². The average Bonchev–Trinajstić information content (AvgIpc) is 3.53. The molecule has 8 nitrogen and oxygen atoms in total. The third-order valence-corrected chi connectivity index (χ3v) is 6.06. The van der Waals surface area contributed by atoms with Gasteiger partial charge in [0.15, 0.2) is 6.61 Å². The second-order valence-corrected chi connectivity index (χ2v) is 8.56. The van der Waals surface area contributed by atoms with Crippen molar-refractivity contribution in [2.75, 3.05) is 6.61 Å². The molecule has 4 aromatic rings. The topological polar surface area (TPSA) is 97.9 Å². The number of rotatable bonds is 5. The van der Waals surface area contributed by atoms with E-state index in [-0.39, 0.29) is 0 Å². The first-order valence-electron chi connectivity index (χ1n) is 11.3. The fraction of sp³-hybridized carbons (Fsp3) is 0.222. The molecule has 1 amide bonds. The molecule has 0 N–H and O–H groups in total. The fourth-order valence-electron chi connectivity index (χ4n) is 4.00. The molecule has 5 rings (SSSR count). The first kappa shape index (κ1) is 22.5. The number of furan rings is 1. The summed E-state index contributed by atoms with van der Waals surface area (Å²) in [7, 11) is 0. The Hall–Kier alpha value is -4.33. The maximum Gasteiger partial charge on any atom is 0.338 e. The van der Waals surface area contributed by atoms with Gasteiger partial charge in [0, 0.05) is 6.42 Å². The van der Waals surface area contributed by atoms with Gasteiger partial charge in [-0.1, -0.05) is 29.8 Å².